The van der Waals surface area contributed by atoms with Crippen LogP contribution >= 0.6 is 11.6 Å². The molecule has 2 amide bonds. The molecule has 0 saturated carbocycles. The van der Waals surface area contributed by atoms with Gasteiger partial charge >= 0.3 is 0 Å². The first-order valence-corrected chi connectivity index (χ1v) is 9.00. The van der Waals surface area contributed by atoms with Gasteiger partial charge in [-0.05, 0) is 49.9 Å². The maximum absolute atomic E-state index is 12.3. The van der Waals surface area contributed by atoms with Crippen molar-refractivity contribution in [3.8, 4) is 0 Å². The van der Waals surface area contributed by atoms with E-state index in [0.29, 0.717) is 17.9 Å². The average Bonchev–Trinajstić information content (AvgIpc) is 2.57. The quantitative estimate of drug-likeness (QED) is 0.822. The molecule has 0 aliphatic rings. The fourth-order valence-electron chi connectivity index (χ4n) is 2.99. The summed E-state index contributed by atoms with van der Waals surface area (Å²) in [6, 6.07) is 11.5. The molecular formula is C21H25ClN2O2. The fraction of sp³-hybridized carbons (Fsp3) is 0.333. The third-order valence-electron chi connectivity index (χ3n) is 4.31. The van der Waals surface area contributed by atoms with Crippen molar-refractivity contribution in [1.82, 2.24) is 4.90 Å². The molecule has 0 aliphatic carbocycles. The smallest absolute Gasteiger partial charge is 0.243 e. The summed E-state index contributed by atoms with van der Waals surface area (Å²) in [5, 5.41) is 3.58. The van der Waals surface area contributed by atoms with Crippen LogP contribution in [0.3, 0.4) is 0 Å². The monoisotopic (exact) mass is 372 g/mol. The van der Waals surface area contributed by atoms with E-state index >= 15 is 0 Å². The molecule has 0 bridgehead atoms. The first-order chi connectivity index (χ1) is 12.3. The number of carbonyl (C=O) groups excluding carboxylic acids is 2. The van der Waals surface area contributed by atoms with Gasteiger partial charge in [0.15, 0.2) is 0 Å². The molecule has 0 radical (unpaired) electrons. The number of rotatable bonds is 6. The van der Waals surface area contributed by atoms with Crippen LogP contribution in [0.4, 0.5) is 5.69 Å². The lowest BCUT2D eigenvalue weighted by Gasteiger charge is -2.18. The molecule has 5 heteroatoms. The van der Waals surface area contributed by atoms with Gasteiger partial charge in [0, 0.05) is 24.2 Å². The molecule has 2 aromatic carbocycles. The number of carbonyl (C=O) groups is 2. The summed E-state index contributed by atoms with van der Waals surface area (Å²) in [6.45, 7) is 5.98. The van der Waals surface area contributed by atoms with Crippen molar-refractivity contribution >= 4 is 29.1 Å². The lowest BCUT2D eigenvalue weighted by atomic mass is 10.1. The summed E-state index contributed by atoms with van der Waals surface area (Å²) in [6.07, 6.45) is 0.872. The van der Waals surface area contributed by atoms with Crippen molar-refractivity contribution < 1.29 is 9.59 Å². The standard InChI is InChI=1S/C21H25ClN2O2/c1-14-11-15(2)21(16(3)12-14)23-19(25)13-24(4)20(26)10-9-17-7-5-6-8-18(17)22/h5-8,11-12H,9-10,13H2,1-4H3,(H,23,25). The van der Waals surface area contributed by atoms with E-state index in [1.807, 2.05) is 57.2 Å². The zero-order valence-electron chi connectivity index (χ0n) is 15.7. The Morgan fingerprint density at radius 3 is 2.31 bits per heavy atom. The fourth-order valence-corrected chi connectivity index (χ4v) is 3.22. The molecule has 4 nitrogen and oxygen atoms in total. The second-order valence-electron chi connectivity index (χ2n) is 6.66. The van der Waals surface area contributed by atoms with Gasteiger partial charge in [0.2, 0.25) is 11.8 Å². The third-order valence-corrected chi connectivity index (χ3v) is 4.68. The zero-order valence-corrected chi connectivity index (χ0v) is 16.5. The van der Waals surface area contributed by atoms with Crippen LogP contribution in [-0.2, 0) is 16.0 Å². The summed E-state index contributed by atoms with van der Waals surface area (Å²) in [5.41, 5.74) is 4.95. The van der Waals surface area contributed by atoms with Crippen LogP contribution < -0.4 is 5.32 Å². The maximum atomic E-state index is 12.3. The second-order valence-corrected chi connectivity index (χ2v) is 7.07. The highest BCUT2D eigenvalue weighted by molar-refractivity contribution is 6.31. The highest BCUT2D eigenvalue weighted by Crippen LogP contribution is 2.22. The van der Waals surface area contributed by atoms with Gasteiger partial charge in [-0.15, -0.1) is 0 Å². The van der Waals surface area contributed by atoms with Crippen molar-refractivity contribution in [2.75, 3.05) is 18.9 Å². The highest BCUT2D eigenvalue weighted by atomic mass is 35.5. The van der Waals surface area contributed by atoms with E-state index in [1.165, 1.54) is 4.90 Å². The lowest BCUT2D eigenvalue weighted by molar-refractivity contribution is -0.133. The molecule has 0 heterocycles. The van der Waals surface area contributed by atoms with Crippen LogP contribution in [0.15, 0.2) is 36.4 Å². The Balaban J connectivity index is 1.90. The molecule has 0 spiro atoms. The Labute approximate surface area is 160 Å². The summed E-state index contributed by atoms with van der Waals surface area (Å²) in [7, 11) is 1.64. The van der Waals surface area contributed by atoms with E-state index in [4.69, 9.17) is 11.6 Å². The number of nitrogens with one attached hydrogen (secondary N) is 1. The molecule has 26 heavy (non-hydrogen) atoms. The summed E-state index contributed by atoms with van der Waals surface area (Å²) < 4.78 is 0. The number of hydrogen-bond donors (Lipinski definition) is 1. The van der Waals surface area contributed by atoms with Crippen LogP contribution in [0.5, 0.6) is 0 Å². The Bertz CT molecular complexity index is 794. The van der Waals surface area contributed by atoms with E-state index in [0.717, 1.165) is 27.9 Å². The number of anilines is 1. The number of amides is 2. The van der Waals surface area contributed by atoms with Crippen molar-refractivity contribution in [2.45, 2.75) is 33.6 Å². The minimum absolute atomic E-state index is 0.0219. The van der Waals surface area contributed by atoms with Gasteiger partial charge < -0.3 is 10.2 Å². The number of likely N-dealkylation sites (N-methyl/N-ethyl adjacent to an activating group) is 1. The van der Waals surface area contributed by atoms with Gasteiger partial charge in [-0.25, -0.2) is 0 Å². The van der Waals surface area contributed by atoms with Crippen molar-refractivity contribution in [1.29, 1.82) is 0 Å². The van der Waals surface area contributed by atoms with Crippen LogP contribution in [0, 0.1) is 20.8 Å². The molecular weight excluding hydrogens is 348 g/mol. The predicted molar refractivity (Wildman–Crippen MR) is 107 cm³/mol. The number of aryl methyl sites for hydroxylation is 4. The number of nitrogens with zero attached hydrogens (tertiary/aromatic N) is 1. The van der Waals surface area contributed by atoms with Gasteiger partial charge in [0.1, 0.15) is 0 Å². The highest BCUT2D eigenvalue weighted by Gasteiger charge is 2.15. The van der Waals surface area contributed by atoms with E-state index in [1.54, 1.807) is 7.05 Å². The van der Waals surface area contributed by atoms with Crippen LogP contribution in [0.1, 0.15) is 28.7 Å². The van der Waals surface area contributed by atoms with Crippen LogP contribution in [0.2, 0.25) is 5.02 Å². The molecule has 0 aliphatic heterocycles. The summed E-state index contributed by atoms with van der Waals surface area (Å²) in [5.74, 6) is -0.286. The van der Waals surface area contributed by atoms with Crippen LogP contribution in [-0.4, -0.2) is 30.3 Å². The van der Waals surface area contributed by atoms with Crippen LogP contribution in [0.25, 0.3) is 0 Å². The maximum Gasteiger partial charge on any atom is 0.243 e. The Morgan fingerprint density at radius 2 is 1.69 bits per heavy atom. The molecule has 138 valence electrons. The van der Waals surface area contributed by atoms with Gasteiger partial charge in [0.05, 0.1) is 6.54 Å². The van der Waals surface area contributed by atoms with Gasteiger partial charge in [-0.2, -0.15) is 0 Å². The molecule has 2 aromatic rings. The third kappa shape index (κ3) is 5.33. The Kier molecular flexibility index (Phi) is 6.81. The van der Waals surface area contributed by atoms with Gasteiger partial charge in [0.25, 0.3) is 0 Å². The number of benzene rings is 2. The lowest BCUT2D eigenvalue weighted by Crippen LogP contribution is -2.35. The van der Waals surface area contributed by atoms with E-state index in [2.05, 4.69) is 5.32 Å². The average molecular weight is 373 g/mol. The SMILES string of the molecule is Cc1cc(C)c(NC(=O)CN(C)C(=O)CCc2ccccc2Cl)c(C)c1. The first-order valence-electron chi connectivity index (χ1n) is 8.63. The second kappa shape index (κ2) is 8.86. The van der Waals surface area contributed by atoms with Crippen molar-refractivity contribution in [3.05, 3.63) is 63.7 Å². The molecule has 0 fully saturated rings. The van der Waals surface area contributed by atoms with Crippen molar-refractivity contribution in [2.24, 2.45) is 0 Å². The van der Waals surface area contributed by atoms with Gasteiger partial charge in [-0.3, -0.25) is 9.59 Å². The number of halogens is 1. The summed E-state index contributed by atoms with van der Waals surface area (Å²) in [4.78, 5) is 26.1. The van der Waals surface area contributed by atoms with Crippen molar-refractivity contribution in [3.63, 3.8) is 0 Å². The van der Waals surface area contributed by atoms with Gasteiger partial charge in [-0.1, -0.05) is 47.5 Å². The Morgan fingerprint density at radius 1 is 1.08 bits per heavy atom. The largest absolute Gasteiger partial charge is 0.336 e. The molecule has 1 N–H and O–H groups in total. The van der Waals surface area contributed by atoms with E-state index in [9.17, 15) is 9.59 Å². The minimum Gasteiger partial charge on any atom is -0.336 e. The molecule has 0 atom stereocenters. The number of hydrogen-bond acceptors (Lipinski definition) is 2. The topological polar surface area (TPSA) is 49.4 Å². The molecule has 2 rings (SSSR count). The predicted octanol–water partition coefficient (Wildman–Crippen LogP) is 4.29. The summed E-state index contributed by atoms with van der Waals surface area (Å²) >= 11 is 6.11. The Hall–Kier alpha value is -2.33. The normalized spacial score (nSPS) is 10.5. The molecule has 0 aromatic heterocycles. The van der Waals surface area contributed by atoms with E-state index in [-0.39, 0.29) is 18.4 Å². The van der Waals surface area contributed by atoms with E-state index < -0.39 is 0 Å². The molecule has 0 unspecified atom stereocenters. The molecule has 0 saturated heterocycles. The first kappa shape index (κ1) is 20.0. The zero-order chi connectivity index (χ0) is 19.3. The minimum atomic E-state index is -0.200.